The van der Waals surface area contributed by atoms with Crippen molar-refractivity contribution >= 4 is 34.9 Å². The van der Waals surface area contributed by atoms with Crippen LogP contribution < -0.4 is 5.32 Å². The van der Waals surface area contributed by atoms with Crippen LogP contribution in [0.3, 0.4) is 0 Å². The van der Waals surface area contributed by atoms with Gasteiger partial charge in [-0.1, -0.05) is 18.2 Å². The Labute approximate surface area is 177 Å². The predicted octanol–water partition coefficient (Wildman–Crippen LogP) is 5.83. The lowest BCUT2D eigenvalue weighted by Crippen LogP contribution is -2.20. The number of nitrogens with one attached hydrogen (secondary N) is 1. The van der Waals surface area contributed by atoms with Gasteiger partial charge in [-0.2, -0.15) is 5.26 Å². The number of benzene rings is 2. The van der Waals surface area contributed by atoms with Gasteiger partial charge in [-0.05, 0) is 79.5 Å². The van der Waals surface area contributed by atoms with Gasteiger partial charge in [0.2, 0.25) is 5.91 Å². The van der Waals surface area contributed by atoms with Crippen molar-refractivity contribution in [1.29, 1.82) is 5.26 Å². The maximum absolute atomic E-state index is 12.4. The van der Waals surface area contributed by atoms with Gasteiger partial charge in [0.15, 0.2) is 0 Å². The summed E-state index contributed by atoms with van der Waals surface area (Å²) in [6.07, 6.45) is 6.84. The van der Waals surface area contributed by atoms with Crippen molar-refractivity contribution in [1.82, 2.24) is 4.98 Å². The predicted molar refractivity (Wildman–Crippen MR) is 118 cm³/mol. The fraction of sp³-hybridized carbons (Fsp3) is 0.292. The number of carbonyl (C=O) groups excluding carboxylic acids is 1. The molecule has 0 spiro atoms. The number of pyridine rings is 1. The molecule has 3 aromatic rings. The minimum Gasteiger partial charge on any atom is -0.326 e. The highest BCUT2D eigenvalue weighted by Gasteiger charge is 2.25. The highest BCUT2D eigenvalue weighted by atomic mass is 35.5. The number of hydrogen-bond donors (Lipinski definition) is 1. The first kappa shape index (κ1) is 20.8. The van der Waals surface area contributed by atoms with E-state index in [0.717, 1.165) is 36.9 Å². The molecule has 0 bridgehead atoms. The van der Waals surface area contributed by atoms with Crippen molar-refractivity contribution in [2.45, 2.75) is 38.0 Å². The van der Waals surface area contributed by atoms with E-state index in [9.17, 15) is 4.79 Å². The first-order valence-corrected chi connectivity index (χ1v) is 9.86. The van der Waals surface area contributed by atoms with Crippen LogP contribution in [-0.4, -0.2) is 10.9 Å². The number of fused-ring (bicyclic) bond motifs is 1. The van der Waals surface area contributed by atoms with E-state index in [0.29, 0.717) is 23.8 Å². The van der Waals surface area contributed by atoms with Gasteiger partial charge < -0.3 is 5.32 Å². The number of halogens is 1. The molecule has 5 heteroatoms. The zero-order valence-electron chi connectivity index (χ0n) is 16.2. The number of anilines is 1. The molecule has 148 valence electrons. The second-order valence-corrected chi connectivity index (χ2v) is 7.58. The first-order chi connectivity index (χ1) is 13.7. The second kappa shape index (κ2) is 9.54. The molecule has 4 rings (SSSR count). The van der Waals surface area contributed by atoms with Gasteiger partial charge in [0.25, 0.3) is 0 Å². The van der Waals surface area contributed by atoms with E-state index < -0.39 is 0 Å². The molecule has 0 aliphatic heterocycles. The summed E-state index contributed by atoms with van der Waals surface area (Å²) >= 11 is 0. The lowest BCUT2D eigenvalue weighted by molar-refractivity contribution is -0.117. The fourth-order valence-corrected chi connectivity index (χ4v) is 4.25. The molecule has 1 aliphatic carbocycles. The van der Waals surface area contributed by atoms with E-state index in [-0.39, 0.29) is 18.3 Å². The van der Waals surface area contributed by atoms with Gasteiger partial charge >= 0.3 is 0 Å². The Kier molecular flexibility index (Phi) is 6.85. The highest BCUT2D eigenvalue weighted by Crippen LogP contribution is 2.39. The molecular weight excluding hydrogens is 382 g/mol. The summed E-state index contributed by atoms with van der Waals surface area (Å²) in [5, 5.41) is 13.1. The molecule has 1 heterocycles. The summed E-state index contributed by atoms with van der Waals surface area (Å²) in [6.45, 7) is 0. The molecule has 1 saturated carbocycles. The lowest BCUT2D eigenvalue weighted by atomic mass is 9.77. The summed E-state index contributed by atoms with van der Waals surface area (Å²) < 4.78 is 0. The minimum absolute atomic E-state index is 0. The quantitative estimate of drug-likeness (QED) is 0.593. The monoisotopic (exact) mass is 405 g/mol. The summed E-state index contributed by atoms with van der Waals surface area (Å²) in [6, 6.07) is 19.6. The van der Waals surface area contributed by atoms with Crippen molar-refractivity contribution in [3.8, 4) is 6.07 Å². The molecule has 0 saturated heterocycles. The number of carbonyl (C=O) groups is 1. The van der Waals surface area contributed by atoms with Gasteiger partial charge in [0.05, 0.1) is 17.1 Å². The number of rotatable bonds is 4. The number of nitrogens with zero attached hydrogens (tertiary/aromatic N) is 2. The third kappa shape index (κ3) is 4.93. The SMILES string of the molecule is Cl.N#Cc1ccc(NC(=O)CC2CCC(c3ccnc4ccccc34)CC2)cc1. The number of aromatic nitrogens is 1. The molecular formula is C24H24ClN3O. The Hall–Kier alpha value is -2.90. The molecule has 2 aromatic carbocycles. The Morgan fingerprint density at radius 3 is 2.48 bits per heavy atom. The summed E-state index contributed by atoms with van der Waals surface area (Å²) in [7, 11) is 0. The average Bonchev–Trinajstić information content (AvgIpc) is 2.74. The van der Waals surface area contributed by atoms with Gasteiger partial charge in [0, 0.05) is 23.7 Å². The number of para-hydroxylation sites is 1. The van der Waals surface area contributed by atoms with Crippen LogP contribution in [0.15, 0.2) is 60.8 Å². The Morgan fingerprint density at radius 2 is 1.76 bits per heavy atom. The van der Waals surface area contributed by atoms with Crippen LogP contribution in [0.4, 0.5) is 5.69 Å². The minimum atomic E-state index is 0. The Bertz CT molecular complexity index is 1010. The van der Waals surface area contributed by atoms with Crippen molar-refractivity contribution < 1.29 is 4.79 Å². The highest BCUT2D eigenvalue weighted by molar-refractivity contribution is 5.90. The van der Waals surface area contributed by atoms with Crippen LogP contribution in [0.5, 0.6) is 0 Å². The van der Waals surface area contributed by atoms with Gasteiger partial charge in [-0.25, -0.2) is 0 Å². The van der Waals surface area contributed by atoms with Gasteiger partial charge in [-0.3, -0.25) is 9.78 Å². The van der Waals surface area contributed by atoms with Crippen molar-refractivity contribution in [3.63, 3.8) is 0 Å². The molecule has 1 aromatic heterocycles. The molecule has 1 aliphatic rings. The maximum atomic E-state index is 12.4. The van der Waals surface area contributed by atoms with Crippen LogP contribution in [-0.2, 0) is 4.79 Å². The summed E-state index contributed by atoms with van der Waals surface area (Å²) in [5.41, 5.74) is 3.80. The van der Waals surface area contributed by atoms with Crippen LogP contribution in [0.2, 0.25) is 0 Å². The molecule has 1 fully saturated rings. The Morgan fingerprint density at radius 1 is 1.03 bits per heavy atom. The summed E-state index contributed by atoms with van der Waals surface area (Å²) in [5.74, 6) is 1.04. The number of hydrogen-bond acceptors (Lipinski definition) is 3. The Balaban J connectivity index is 0.00000240. The summed E-state index contributed by atoms with van der Waals surface area (Å²) in [4.78, 5) is 16.8. The normalized spacial score (nSPS) is 18.4. The topological polar surface area (TPSA) is 65.8 Å². The second-order valence-electron chi connectivity index (χ2n) is 7.58. The molecule has 1 amide bonds. The number of nitriles is 1. The maximum Gasteiger partial charge on any atom is 0.224 e. The lowest BCUT2D eigenvalue weighted by Gasteiger charge is -2.29. The average molecular weight is 406 g/mol. The molecule has 0 unspecified atom stereocenters. The van der Waals surface area contributed by atoms with Crippen LogP contribution >= 0.6 is 12.4 Å². The number of amides is 1. The molecule has 1 N–H and O–H groups in total. The largest absolute Gasteiger partial charge is 0.326 e. The molecule has 0 atom stereocenters. The molecule has 4 nitrogen and oxygen atoms in total. The zero-order valence-corrected chi connectivity index (χ0v) is 17.0. The van der Waals surface area contributed by atoms with Gasteiger partial charge in [0.1, 0.15) is 0 Å². The van der Waals surface area contributed by atoms with E-state index in [1.54, 1.807) is 24.3 Å². The van der Waals surface area contributed by atoms with E-state index in [1.165, 1.54) is 10.9 Å². The van der Waals surface area contributed by atoms with E-state index >= 15 is 0 Å². The van der Waals surface area contributed by atoms with Crippen molar-refractivity contribution in [2.75, 3.05) is 5.32 Å². The smallest absolute Gasteiger partial charge is 0.224 e. The zero-order chi connectivity index (χ0) is 19.3. The standard InChI is InChI=1S/C24H23N3O.ClH/c25-16-18-7-11-20(12-8-18)27-24(28)15-17-5-9-19(10-6-17)21-13-14-26-23-4-2-1-3-22(21)23;/h1-4,7-8,11-14,17,19H,5-6,9-10,15H2,(H,27,28);1H. The van der Waals surface area contributed by atoms with Crippen LogP contribution in [0.1, 0.15) is 49.1 Å². The van der Waals surface area contributed by atoms with Crippen LogP contribution in [0, 0.1) is 17.2 Å². The van der Waals surface area contributed by atoms with Gasteiger partial charge in [-0.15, -0.1) is 12.4 Å². The first-order valence-electron chi connectivity index (χ1n) is 9.86. The van der Waals surface area contributed by atoms with E-state index in [1.807, 2.05) is 12.3 Å². The van der Waals surface area contributed by atoms with E-state index in [2.05, 4.69) is 40.6 Å². The third-order valence-corrected chi connectivity index (χ3v) is 5.74. The van der Waals surface area contributed by atoms with E-state index in [4.69, 9.17) is 5.26 Å². The van der Waals surface area contributed by atoms with Crippen molar-refractivity contribution in [3.05, 3.63) is 71.9 Å². The molecule has 29 heavy (non-hydrogen) atoms. The molecule has 0 radical (unpaired) electrons. The van der Waals surface area contributed by atoms with Crippen LogP contribution in [0.25, 0.3) is 10.9 Å². The van der Waals surface area contributed by atoms with Crippen molar-refractivity contribution in [2.24, 2.45) is 5.92 Å². The third-order valence-electron chi connectivity index (χ3n) is 5.74. The fourth-order valence-electron chi connectivity index (χ4n) is 4.25.